The van der Waals surface area contributed by atoms with E-state index in [1.54, 1.807) is 31.2 Å². The first kappa shape index (κ1) is 32.2. The standard InChI is InChI=1S/C34H47N3O7/c1-18-26-14-23(34(26,3)4)15-27(18)35-32(40)30-29(19(2)39)28(17-38)44-37(30)16-20-9-8-10-25(31(20)43-7)21-11-22(33(41)42)13-24(12-21)36(5)6/h8-13,18-19,23,26-30,38-39H,14-17H2,1-7H3,(H,35,40)(H,41,42)/t18-,19-,23-,26+,27-,28-,29+,30-/m0/s1. The van der Waals surface area contributed by atoms with Crippen LogP contribution in [0.5, 0.6) is 5.75 Å². The number of aliphatic hydroxyl groups is 2. The SMILES string of the molecule is COc1c(CN2O[C@@H](CO)[C@@H]([C@H](C)O)[C@H]2C(=O)N[C@H]2C[C@@H]3C[C@H]([C@@H]2C)C3(C)C)cccc1-c1cc(C(=O)O)cc(N(C)C)c1. The molecule has 3 saturated carbocycles. The van der Waals surface area contributed by atoms with Crippen molar-refractivity contribution in [2.24, 2.45) is 29.1 Å². The molecule has 8 atom stereocenters. The minimum absolute atomic E-state index is 0.0363. The molecule has 0 spiro atoms. The van der Waals surface area contributed by atoms with Crippen molar-refractivity contribution in [3.05, 3.63) is 47.5 Å². The number of amides is 1. The topological polar surface area (TPSA) is 132 Å². The third-order valence-electron chi connectivity index (χ3n) is 10.7. The predicted molar refractivity (Wildman–Crippen MR) is 167 cm³/mol. The maximum Gasteiger partial charge on any atom is 0.335 e. The first-order chi connectivity index (χ1) is 20.8. The highest BCUT2D eigenvalue weighted by Crippen LogP contribution is 2.61. The van der Waals surface area contributed by atoms with Crippen molar-refractivity contribution >= 4 is 17.6 Å². The van der Waals surface area contributed by atoms with Crippen LogP contribution in [0.25, 0.3) is 11.1 Å². The van der Waals surface area contributed by atoms with Gasteiger partial charge in [0.25, 0.3) is 0 Å². The summed E-state index contributed by atoms with van der Waals surface area (Å²) in [4.78, 5) is 34.0. The molecule has 4 aliphatic rings. The predicted octanol–water partition coefficient (Wildman–Crippen LogP) is 3.79. The highest BCUT2D eigenvalue weighted by Gasteiger charge is 2.57. The molecule has 4 N–H and O–H groups in total. The molecule has 0 aromatic heterocycles. The molecule has 1 amide bonds. The van der Waals surface area contributed by atoms with Crippen molar-refractivity contribution in [2.45, 2.75) is 71.4 Å². The number of rotatable bonds is 10. The molecule has 44 heavy (non-hydrogen) atoms. The van der Waals surface area contributed by atoms with Gasteiger partial charge in [0.2, 0.25) is 5.91 Å². The smallest absolute Gasteiger partial charge is 0.335 e. The van der Waals surface area contributed by atoms with Gasteiger partial charge in [-0.3, -0.25) is 9.63 Å². The molecule has 1 saturated heterocycles. The zero-order chi connectivity index (χ0) is 32.1. The van der Waals surface area contributed by atoms with E-state index in [9.17, 15) is 24.9 Å². The van der Waals surface area contributed by atoms with E-state index in [-0.39, 0.29) is 36.1 Å². The number of para-hydroxylation sites is 1. The van der Waals surface area contributed by atoms with Gasteiger partial charge in [0.15, 0.2) is 0 Å². The number of benzene rings is 2. The average Bonchev–Trinajstić information content (AvgIpc) is 3.36. The lowest BCUT2D eigenvalue weighted by Gasteiger charge is -2.62. The third-order valence-corrected chi connectivity index (χ3v) is 10.7. The lowest BCUT2D eigenvalue weighted by molar-refractivity contribution is -0.183. The van der Waals surface area contributed by atoms with E-state index in [1.165, 1.54) is 6.42 Å². The summed E-state index contributed by atoms with van der Waals surface area (Å²) in [5.74, 6) is 0.0844. The minimum atomic E-state index is -1.03. The van der Waals surface area contributed by atoms with Crippen LogP contribution in [0.4, 0.5) is 5.69 Å². The number of carbonyl (C=O) groups is 2. The quantitative estimate of drug-likeness (QED) is 0.318. The summed E-state index contributed by atoms with van der Waals surface area (Å²) in [7, 11) is 5.25. The molecular weight excluding hydrogens is 562 g/mol. The van der Waals surface area contributed by atoms with Crippen molar-refractivity contribution in [3.63, 3.8) is 0 Å². The maximum absolute atomic E-state index is 14.0. The average molecular weight is 610 g/mol. The Hall–Kier alpha value is -3.18. The Balaban J connectivity index is 1.46. The molecule has 2 aromatic rings. The normalized spacial score (nSPS) is 29.9. The molecule has 2 bridgehead atoms. The highest BCUT2D eigenvalue weighted by molar-refractivity contribution is 5.92. The molecule has 10 nitrogen and oxygen atoms in total. The molecule has 6 rings (SSSR count). The van der Waals surface area contributed by atoms with Gasteiger partial charge >= 0.3 is 5.97 Å². The maximum atomic E-state index is 14.0. The summed E-state index contributed by atoms with van der Waals surface area (Å²) in [5.41, 5.74) is 3.25. The lowest BCUT2D eigenvalue weighted by Crippen LogP contribution is -2.62. The molecule has 1 heterocycles. The van der Waals surface area contributed by atoms with Gasteiger partial charge in [-0.05, 0) is 66.7 Å². The van der Waals surface area contributed by atoms with Gasteiger partial charge in [-0.25, -0.2) is 4.79 Å². The Kier molecular flexibility index (Phi) is 9.01. The Morgan fingerprint density at radius 2 is 1.93 bits per heavy atom. The molecule has 10 heteroatoms. The number of methoxy groups -OCH3 is 1. The fourth-order valence-corrected chi connectivity index (χ4v) is 7.98. The number of hydroxylamine groups is 2. The largest absolute Gasteiger partial charge is 0.496 e. The molecule has 4 fully saturated rings. The number of carboxylic acids is 1. The van der Waals surface area contributed by atoms with Crippen LogP contribution in [0.1, 0.15) is 56.5 Å². The fraction of sp³-hybridized carbons (Fsp3) is 0.588. The van der Waals surface area contributed by atoms with E-state index in [2.05, 4.69) is 26.1 Å². The van der Waals surface area contributed by atoms with Crippen molar-refractivity contribution in [3.8, 4) is 16.9 Å². The molecular formula is C34H47N3O7. The van der Waals surface area contributed by atoms with Gasteiger partial charge in [-0.15, -0.1) is 0 Å². The number of hydrogen-bond donors (Lipinski definition) is 4. The van der Waals surface area contributed by atoms with Crippen molar-refractivity contribution in [1.29, 1.82) is 0 Å². The summed E-state index contributed by atoms with van der Waals surface area (Å²) in [6.07, 6.45) is 0.461. The summed E-state index contributed by atoms with van der Waals surface area (Å²) in [5, 5.41) is 35.6. The van der Waals surface area contributed by atoms with Crippen LogP contribution >= 0.6 is 0 Å². The van der Waals surface area contributed by atoms with Gasteiger partial charge in [0, 0.05) is 42.9 Å². The summed E-state index contributed by atoms with van der Waals surface area (Å²) < 4.78 is 5.89. The van der Waals surface area contributed by atoms with Crippen LogP contribution in [-0.2, 0) is 16.2 Å². The monoisotopic (exact) mass is 609 g/mol. The van der Waals surface area contributed by atoms with Crippen LogP contribution < -0.4 is 15.0 Å². The number of carbonyl (C=O) groups excluding carboxylic acids is 1. The number of fused-ring (bicyclic) bond motifs is 2. The van der Waals surface area contributed by atoms with Crippen LogP contribution in [0.2, 0.25) is 0 Å². The number of ether oxygens (including phenoxy) is 1. The van der Waals surface area contributed by atoms with Gasteiger partial charge in [-0.1, -0.05) is 39.0 Å². The van der Waals surface area contributed by atoms with Crippen molar-refractivity contribution in [2.75, 3.05) is 32.7 Å². The van der Waals surface area contributed by atoms with Crippen LogP contribution in [0.3, 0.4) is 0 Å². The van der Waals surface area contributed by atoms with E-state index in [1.807, 2.05) is 43.3 Å². The Morgan fingerprint density at radius 3 is 2.50 bits per heavy atom. The van der Waals surface area contributed by atoms with Gasteiger partial charge in [0.1, 0.15) is 17.9 Å². The second-order valence-electron chi connectivity index (χ2n) is 13.7. The first-order valence-electron chi connectivity index (χ1n) is 15.5. The second kappa shape index (κ2) is 12.3. The molecule has 2 aromatic carbocycles. The number of anilines is 1. The Labute approximate surface area is 259 Å². The molecule has 3 aliphatic carbocycles. The van der Waals surface area contributed by atoms with Gasteiger partial charge in [0.05, 0.1) is 31.9 Å². The van der Waals surface area contributed by atoms with E-state index >= 15 is 0 Å². The summed E-state index contributed by atoms with van der Waals surface area (Å²) in [6.45, 7) is 8.29. The molecule has 0 radical (unpaired) electrons. The van der Waals surface area contributed by atoms with Crippen molar-refractivity contribution in [1.82, 2.24) is 10.4 Å². The number of nitrogens with zero attached hydrogens (tertiary/aromatic N) is 2. The Morgan fingerprint density at radius 1 is 1.20 bits per heavy atom. The molecule has 240 valence electrons. The zero-order valence-electron chi connectivity index (χ0n) is 26.8. The fourth-order valence-electron chi connectivity index (χ4n) is 7.98. The number of hydrogen-bond acceptors (Lipinski definition) is 8. The first-order valence-corrected chi connectivity index (χ1v) is 15.5. The Bertz CT molecular complexity index is 1390. The molecule has 1 aliphatic heterocycles. The van der Waals surface area contributed by atoms with Crippen LogP contribution in [0, 0.1) is 29.1 Å². The minimum Gasteiger partial charge on any atom is -0.496 e. The third kappa shape index (κ3) is 5.69. The zero-order valence-corrected chi connectivity index (χ0v) is 26.8. The number of carboxylic acid groups (broad SMARTS) is 1. The van der Waals surface area contributed by atoms with Crippen LogP contribution in [0.15, 0.2) is 36.4 Å². The highest BCUT2D eigenvalue weighted by atomic mass is 16.7. The van der Waals surface area contributed by atoms with Gasteiger partial charge in [-0.2, -0.15) is 5.06 Å². The van der Waals surface area contributed by atoms with E-state index < -0.39 is 30.1 Å². The van der Waals surface area contributed by atoms with Gasteiger partial charge < -0.3 is 30.3 Å². The lowest BCUT2D eigenvalue weighted by atomic mass is 9.45. The van der Waals surface area contributed by atoms with E-state index in [0.29, 0.717) is 40.2 Å². The van der Waals surface area contributed by atoms with E-state index in [4.69, 9.17) is 9.57 Å². The summed E-state index contributed by atoms with van der Waals surface area (Å²) in [6, 6.07) is 9.92. The number of nitrogens with one attached hydrogen (secondary N) is 1. The second-order valence-corrected chi connectivity index (χ2v) is 13.7. The van der Waals surface area contributed by atoms with E-state index in [0.717, 1.165) is 12.1 Å². The number of aromatic carboxylic acids is 1. The summed E-state index contributed by atoms with van der Waals surface area (Å²) >= 11 is 0. The number of aliphatic hydroxyl groups excluding tert-OH is 2. The molecule has 0 unspecified atom stereocenters. The van der Waals surface area contributed by atoms with Crippen LogP contribution in [-0.4, -0.2) is 84.4 Å². The van der Waals surface area contributed by atoms with Crippen molar-refractivity contribution < 1.29 is 34.5 Å².